The first-order valence-corrected chi connectivity index (χ1v) is 7.02. The van der Waals surface area contributed by atoms with Gasteiger partial charge in [-0.3, -0.25) is 0 Å². The van der Waals surface area contributed by atoms with Gasteiger partial charge in [-0.15, -0.1) is 0 Å². The molecule has 0 saturated carbocycles. The largest absolute Gasteiger partial charge is 0.0765 e. The van der Waals surface area contributed by atoms with Crippen LogP contribution in [0.4, 0.5) is 0 Å². The summed E-state index contributed by atoms with van der Waals surface area (Å²) in [6.07, 6.45) is 3.37. The van der Waals surface area contributed by atoms with Gasteiger partial charge >= 0.3 is 0 Å². The van der Waals surface area contributed by atoms with Crippen molar-refractivity contribution in [1.29, 1.82) is 0 Å². The summed E-state index contributed by atoms with van der Waals surface area (Å²) in [6.45, 7) is 4.36. The number of fused-ring (bicyclic) bond motifs is 1. The highest BCUT2D eigenvalue weighted by molar-refractivity contribution is 9.10. The third kappa shape index (κ3) is 1.74. The molecule has 0 radical (unpaired) electrons. The highest BCUT2D eigenvalue weighted by Gasteiger charge is 2.17. The molecule has 0 atom stereocenters. The fraction of sp³-hybridized carbons (Fsp3) is 0.176. The van der Waals surface area contributed by atoms with Crippen molar-refractivity contribution in [2.24, 2.45) is 0 Å². The van der Waals surface area contributed by atoms with Crippen molar-refractivity contribution < 1.29 is 0 Å². The first-order chi connectivity index (χ1) is 8.68. The van der Waals surface area contributed by atoms with Crippen LogP contribution in [0.2, 0.25) is 0 Å². The molecule has 1 aliphatic carbocycles. The Morgan fingerprint density at radius 3 is 2.50 bits per heavy atom. The molecule has 3 rings (SSSR count). The van der Waals surface area contributed by atoms with Gasteiger partial charge in [0.15, 0.2) is 0 Å². The second kappa shape index (κ2) is 4.40. The van der Waals surface area contributed by atoms with E-state index in [1.165, 1.54) is 37.9 Å². The normalized spacial score (nSPS) is 13.4. The van der Waals surface area contributed by atoms with Gasteiger partial charge in [0, 0.05) is 4.47 Å². The molecule has 2 aromatic rings. The zero-order chi connectivity index (χ0) is 12.7. The molecule has 0 bridgehead atoms. The monoisotopic (exact) mass is 298 g/mol. The van der Waals surface area contributed by atoms with Crippen LogP contribution in [0.25, 0.3) is 16.7 Å². The maximum absolute atomic E-state index is 3.80. The molecule has 0 aliphatic heterocycles. The predicted molar refractivity (Wildman–Crippen MR) is 81.7 cm³/mol. The minimum atomic E-state index is 1.06. The van der Waals surface area contributed by atoms with E-state index < -0.39 is 0 Å². The molecule has 0 amide bonds. The van der Waals surface area contributed by atoms with E-state index >= 15 is 0 Å². The molecular weight excluding hydrogens is 284 g/mol. The molecule has 18 heavy (non-hydrogen) atoms. The van der Waals surface area contributed by atoms with Crippen LogP contribution >= 0.6 is 15.9 Å². The SMILES string of the molecule is CC1=CCc2ccc(-c3ccccc3C)c(Br)c21. The number of halogens is 1. The first kappa shape index (κ1) is 11.7. The van der Waals surface area contributed by atoms with Crippen LogP contribution in [0.5, 0.6) is 0 Å². The summed E-state index contributed by atoms with van der Waals surface area (Å²) in [5.41, 5.74) is 8.12. The summed E-state index contributed by atoms with van der Waals surface area (Å²) in [6, 6.07) is 13.0. The Bertz CT molecular complexity index is 651. The quantitative estimate of drug-likeness (QED) is 0.663. The Morgan fingerprint density at radius 2 is 1.72 bits per heavy atom. The van der Waals surface area contributed by atoms with Gasteiger partial charge in [-0.25, -0.2) is 0 Å². The van der Waals surface area contributed by atoms with Crippen LogP contribution in [0.1, 0.15) is 23.6 Å². The van der Waals surface area contributed by atoms with Crippen molar-refractivity contribution in [3.05, 3.63) is 63.6 Å². The van der Waals surface area contributed by atoms with Crippen molar-refractivity contribution in [2.75, 3.05) is 0 Å². The number of allylic oxidation sites excluding steroid dienone is 2. The van der Waals surface area contributed by atoms with Crippen LogP contribution in [0, 0.1) is 6.92 Å². The second-order valence-electron chi connectivity index (χ2n) is 4.87. The summed E-state index contributed by atoms with van der Waals surface area (Å²) in [7, 11) is 0. The molecule has 0 heterocycles. The minimum Gasteiger partial charge on any atom is -0.0765 e. The van der Waals surface area contributed by atoms with Crippen LogP contribution in [0.15, 0.2) is 46.9 Å². The number of hydrogen-bond donors (Lipinski definition) is 0. The average Bonchev–Trinajstić information content (AvgIpc) is 2.74. The van der Waals surface area contributed by atoms with E-state index in [9.17, 15) is 0 Å². The Kier molecular flexibility index (Phi) is 2.87. The topological polar surface area (TPSA) is 0 Å². The van der Waals surface area contributed by atoms with E-state index in [2.05, 4.69) is 72.3 Å². The fourth-order valence-electron chi connectivity index (χ4n) is 2.66. The molecule has 0 aromatic heterocycles. The van der Waals surface area contributed by atoms with E-state index in [0.717, 1.165) is 6.42 Å². The van der Waals surface area contributed by atoms with Crippen LogP contribution in [-0.2, 0) is 6.42 Å². The standard InChI is InChI=1S/C17H15Br/c1-11-5-3-4-6-14(11)15-10-9-13-8-7-12(2)16(13)17(15)18/h3-7,9-10H,8H2,1-2H3. The highest BCUT2D eigenvalue weighted by atomic mass is 79.9. The Hall–Kier alpha value is -1.34. The lowest BCUT2D eigenvalue weighted by molar-refractivity contribution is 1.30. The molecular formula is C17H15Br. The second-order valence-corrected chi connectivity index (χ2v) is 5.66. The van der Waals surface area contributed by atoms with E-state index in [1.54, 1.807) is 0 Å². The molecule has 0 unspecified atom stereocenters. The molecule has 0 spiro atoms. The lowest BCUT2D eigenvalue weighted by atomic mass is 9.96. The fourth-order valence-corrected chi connectivity index (χ4v) is 3.57. The zero-order valence-corrected chi connectivity index (χ0v) is 12.2. The lowest BCUT2D eigenvalue weighted by Crippen LogP contribution is -1.91. The number of hydrogen-bond acceptors (Lipinski definition) is 0. The van der Waals surface area contributed by atoms with Gasteiger partial charge in [0.25, 0.3) is 0 Å². The number of aryl methyl sites for hydroxylation is 1. The average molecular weight is 299 g/mol. The van der Waals surface area contributed by atoms with Crippen molar-refractivity contribution in [2.45, 2.75) is 20.3 Å². The Morgan fingerprint density at radius 1 is 0.944 bits per heavy atom. The summed E-state index contributed by atoms with van der Waals surface area (Å²) in [5.74, 6) is 0. The third-order valence-electron chi connectivity index (χ3n) is 3.69. The summed E-state index contributed by atoms with van der Waals surface area (Å²) in [5, 5.41) is 0. The van der Waals surface area contributed by atoms with Gasteiger partial charge in [0.05, 0.1) is 0 Å². The van der Waals surface area contributed by atoms with Gasteiger partial charge < -0.3 is 0 Å². The predicted octanol–water partition coefficient (Wildman–Crippen LogP) is 5.38. The van der Waals surface area contributed by atoms with Gasteiger partial charge in [0.1, 0.15) is 0 Å². The molecule has 90 valence electrons. The van der Waals surface area contributed by atoms with Crippen LogP contribution in [-0.4, -0.2) is 0 Å². The maximum Gasteiger partial charge on any atom is 0.0331 e. The third-order valence-corrected chi connectivity index (χ3v) is 4.51. The molecule has 2 aromatic carbocycles. The molecule has 0 saturated heterocycles. The van der Waals surface area contributed by atoms with E-state index in [1.807, 2.05) is 0 Å². The molecule has 0 N–H and O–H groups in total. The smallest absolute Gasteiger partial charge is 0.0331 e. The molecule has 0 fully saturated rings. The zero-order valence-electron chi connectivity index (χ0n) is 10.6. The Balaban J connectivity index is 2.24. The summed E-state index contributed by atoms with van der Waals surface area (Å²) < 4.78 is 1.24. The lowest BCUT2D eigenvalue weighted by Gasteiger charge is -2.13. The molecule has 0 nitrogen and oxygen atoms in total. The maximum atomic E-state index is 3.80. The number of rotatable bonds is 1. The van der Waals surface area contributed by atoms with E-state index in [0.29, 0.717) is 0 Å². The molecule has 1 heteroatoms. The van der Waals surface area contributed by atoms with Gasteiger partial charge in [-0.2, -0.15) is 0 Å². The van der Waals surface area contributed by atoms with E-state index in [4.69, 9.17) is 0 Å². The van der Waals surface area contributed by atoms with Gasteiger partial charge in [-0.05, 0) is 69.6 Å². The number of benzene rings is 2. The minimum absolute atomic E-state index is 1.06. The van der Waals surface area contributed by atoms with Crippen molar-refractivity contribution >= 4 is 21.5 Å². The van der Waals surface area contributed by atoms with Crippen molar-refractivity contribution in [3.63, 3.8) is 0 Å². The van der Waals surface area contributed by atoms with Gasteiger partial charge in [0.2, 0.25) is 0 Å². The van der Waals surface area contributed by atoms with Gasteiger partial charge in [-0.1, -0.05) is 42.5 Å². The molecule has 1 aliphatic rings. The first-order valence-electron chi connectivity index (χ1n) is 6.23. The Labute approximate surface area is 116 Å². The van der Waals surface area contributed by atoms with Crippen LogP contribution < -0.4 is 0 Å². The summed E-state index contributed by atoms with van der Waals surface area (Å²) in [4.78, 5) is 0. The summed E-state index contributed by atoms with van der Waals surface area (Å²) >= 11 is 3.80. The van der Waals surface area contributed by atoms with Crippen molar-refractivity contribution in [3.8, 4) is 11.1 Å². The van der Waals surface area contributed by atoms with Crippen LogP contribution in [0.3, 0.4) is 0 Å². The van der Waals surface area contributed by atoms with E-state index in [-0.39, 0.29) is 0 Å². The van der Waals surface area contributed by atoms with Crippen molar-refractivity contribution in [1.82, 2.24) is 0 Å². The highest BCUT2D eigenvalue weighted by Crippen LogP contribution is 2.40.